The molecule has 1 atom stereocenters. The molecule has 2 aromatic rings. The zero-order chi connectivity index (χ0) is 20.8. The van der Waals surface area contributed by atoms with Crippen LogP contribution in [0.1, 0.15) is 36.9 Å². The minimum absolute atomic E-state index is 0.0627. The topological polar surface area (TPSA) is 68.2 Å². The number of hydrogen-bond donors (Lipinski definition) is 1. The second kappa shape index (κ2) is 9.65. The van der Waals surface area contributed by atoms with Crippen molar-refractivity contribution in [1.82, 2.24) is 4.90 Å². The van der Waals surface area contributed by atoms with Crippen LogP contribution in [-0.2, 0) is 4.79 Å². The van der Waals surface area contributed by atoms with Gasteiger partial charge in [0.25, 0.3) is 0 Å². The summed E-state index contributed by atoms with van der Waals surface area (Å²) in [7, 11) is 3.25. The van der Waals surface area contributed by atoms with E-state index in [9.17, 15) is 9.90 Å². The van der Waals surface area contributed by atoms with E-state index >= 15 is 0 Å². The van der Waals surface area contributed by atoms with Crippen LogP contribution in [0.25, 0.3) is 0 Å². The number of nitrogens with zero attached hydrogens (tertiary/aromatic N) is 1. The number of likely N-dealkylation sites (tertiary alicyclic amines) is 1. The van der Waals surface area contributed by atoms with Gasteiger partial charge in [-0.25, -0.2) is 0 Å². The van der Waals surface area contributed by atoms with E-state index in [1.165, 1.54) is 0 Å². The molecular formula is C23H29NO5. The molecule has 0 saturated carbocycles. The van der Waals surface area contributed by atoms with E-state index in [1.807, 2.05) is 43.3 Å². The molecule has 156 valence electrons. The van der Waals surface area contributed by atoms with Gasteiger partial charge in [-0.05, 0) is 56.6 Å². The van der Waals surface area contributed by atoms with Gasteiger partial charge in [-0.1, -0.05) is 24.3 Å². The number of piperidine rings is 1. The van der Waals surface area contributed by atoms with E-state index in [2.05, 4.69) is 11.0 Å². The normalized spacial score (nSPS) is 16.2. The maximum atomic E-state index is 11.4. The molecule has 0 spiro atoms. The van der Waals surface area contributed by atoms with Gasteiger partial charge >= 0.3 is 5.97 Å². The summed E-state index contributed by atoms with van der Waals surface area (Å²) in [6.07, 6.45) is 1.27. The largest absolute Gasteiger partial charge is 0.494 e. The van der Waals surface area contributed by atoms with Crippen molar-refractivity contribution in [2.75, 3.05) is 33.9 Å². The Morgan fingerprint density at radius 1 is 1.07 bits per heavy atom. The molecule has 0 aromatic heterocycles. The molecule has 3 rings (SSSR count). The number of aliphatic carboxylic acids is 1. The molecule has 0 aliphatic carbocycles. The average Bonchev–Trinajstić information content (AvgIpc) is 2.75. The molecule has 2 aromatic carbocycles. The molecule has 1 fully saturated rings. The van der Waals surface area contributed by atoms with Crippen LogP contribution >= 0.6 is 0 Å². The van der Waals surface area contributed by atoms with E-state index in [4.69, 9.17) is 14.2 Å². The summed E-state index contributed by atoms with van der Waals surface area (Å²) in [5, 5.41) is 9.37. The first-order chi connectivity index (χ1) is 14.1. The maximum absolute atomic E-state index is 11.4. The van der Waals surface area contributed by atoms with Crippen molar-refractivity contribution in [3.63, 3.8) is 0 Å². The van der Waals surface area contributed by atoms with Crippen molar-refractivity contribution < 1.29 is 24.1 Å². The Balaban J connectivity index is 2.02. The lowest BCUT2D eigenvalue weighted by molar-refractivity contribution is -0.143. The average molecular weight is 399 g/mol. The van der Waals surface area contributed by atoms with Gasteiger partial charge in [-0.2, -0.15) is 0 Å². The summed E-state index contributed by atoms with van der Waals surface area (Å²) in [6.45, 7) is 3.96. The number of ether oxygens (including phenoxy) is 3. The molecule has 0 amide bonds. The first kappa shape index (κ1) is 21.0. The Hall–Kier alpha value is -2.73. The number of methoxy groups -OCH3 is 2. The lowest BCUT2D eigenvalue weighted by atomic mass is 9.90. The van der Waals surface area contributed by atoms with Crippen molar-refractivity contribution in [2.45, 2.75) is 25.8 Å². The number of para-hydroxylation sites is 1. The van der Waals surface area contributed by atoms with Gasteiger partial charge in [0.1, 0.15) is 5.75 Å². The number of carbonyl (C=O) groups is 1. The smallest absolute Gasteiger partial charge is 0.306 e. The predicted octanol–water partition coefficient (Wildman–Crippen LogP) is 3.99. The third kappa shape index (κ3) is 4.65. The molecule has 1 saturated heterocycles. The third-order valence-electron chi connectivity index (χ3n) is 5.48. The van der Waals surface area contributed by atoms with Crippen molar-refractivity contribution in [3.05, 3.63) is 53.6 Å². The van der Waals surface area contributed by atoms with E-state index in [1.54, 1.807) is 14.2 Å². The van der Waals surface area contributed by atoms with E-state index in [0.717, 1.165) is 16.9 Å². The Bertz CT molecular complexity index is 830. The van der Waals surface area contributed by atoms with Gasteiger partial charge < -0.3 is 19.3 Å². The highest BCUT2D eigenvalue weighted by atomic mass is 16.5. The summed E-state index contributed by atoms with van der Waals surface area (Å²) in [5.41, 5.74) is 2.12. The van der Waals surface area contributed by atoms with Gasteiger partial charge in [0.05, 0.1) is 32.8 Å². The van der Waals surface area contributed by atoms with E-state index in [0.29, 0.717) is 44.0 Å². The monoisotopic (exact) mass is 399 g/mol. The Labute approximate surface area is 172 Å². The zero-order valence-corrected chi connectivity index (χ0v) is 17.3. The van der Waals surface area contributed by atoms with Crippen molar-refractivity contribution in [2.24, 2.45) is 5.92 Å². The summed E-state index contributed by atoms with van der Waals surface area (Å²) in [5.74, 6) is 1.21. The summed E-state index contributed by atoms with van der Waals surface area (Å²) in [4.78, 5) is 13.7. The van der Waals surface area contributed by atoms with Gasteiger partial charge in [-0.3, -0.25) is 9.69 Å². The number of rotatable bonds is 8. The van der Waals surface area contributed by atoms with Gasteiger partial charge in [-0.15, -0.1) is 0 Å². The molecule has 1 aliphatic heterocycles. The molecular weight excluding hydrogens is 370 g/mol. The first-order valence-corrected chi connectivity index (χ1v) is 9.99. The molecule has 1 N–H and O–H groups in total. The second-order valence-corrected chi connectivity index (χ2v) is 7.14. The lowest BCUT2D eigenvalue weighted by Gasteiger charge is -2.37. The Kier molecular flexibility index (Phi) is 6.99. The van der Waals surface area contributed by atoms with Crippen LogP contribution in [-0.4, -0.2) is 49.9 Å². The predicted molar refractivity (Wildman–Crippen MR) is 111 cm³/mol. The Morgan fingerprint density at radius 2 is 1.76 bits per heavy atom. The van der Waals surface area contributed by atoms with Gasteiger partial charge in [0.15, 0.2) is 11.5 Å². The van der Waals surface area contributed by atoms with E-state index < -0.39 is 5.97 Å². The molecule has 6 heteroatoms. The van der Waals surface area contributed by atoms with E-state index in [-0.39, 0.29) is 12.0 Å². The molecule has 1 unspecified atom stereocenters. The second-order valence-electron chi connectivity index (χ2n) is 7.14. The van der Waals surface area contributed by atoms with Crippen LogP contribution in [0.2, 0.25) is 0 Å². The third-order valence-corrected chi connectivity index (χ3v) is 5.48. The van der Waals surface area contributed by atoms with Crippen molar-refractivity contribution in [1.29, 1.82) is 0 Å². The fraction of sp³-hybridized carbons (Fsp3) is 0.435. The fourth-order valence-electron chi connectivity index (χ4n) is 4.01. The highest BCUT2D eigenvalue weighted by molar-refractivity contribution is 5.70. The molecule has 29 heavy (non-hydrogen) atoms. The molecule has 0 radical (unpaired) electrons. The minimum atomic E-state index is -0.706. The quantitative estimate of drug-likeness (QED) is 0.724. The molecule has 1 aliphatic rings. The van der Waals surface area contributed by atoms with Crippen LogP contribution in [0.5, 0.6) is 17.2 Å². The summed E-state index contributed by atoms with van der Waals surface area (Å²) >= 11 is 0. The minimum Gasteiger partial charge on any atom is -0.494 e. The fourth-order valence-corrected chi connectivity index (χ4v) is 4.01. The zero-order valence-electron chi connectivity index (χ0n) is 17.3. The molecule has 6 nitrogen and oxygen atoms in total. The van der Waals surface area contributed by atoms with Gasteiger partial charge in [0.2, 0.25) is 0 Å². The van der Waals surface area contributed by atoms with Gasteiger partial charge in [0, 0.05) is 5.56 Å². The Morgan fingerprint density at radius 3 is 2.38 bits per heavy atom. The number of hydrogen-bond acceptors (Lipinski definition) is 5. The van der Waals surface area contributed by atoms with Crippen molar-refractivity contribution >= 4 is 5.97 Å². The number of carboxylic acid groups (broad SMARTS) is 1. The number of carboxylic acids is 1. The lowest BCUT2D eigenvalue weighted by Crippen LogP contribution is -2.39. The number of benzene rings is 2. The van der Waals surface area contributed by atoms with Crippen molar-refractivity contribution in [3.8, 4) is 17.2 Å². The van der Waals surface area contributed by atoms with Crippen LogP contribution < -0.4 is 14.2 Å². The summed E-state index contributed by atoms with van der Waals surface area (Å²) in [6, 6.07) is 13.9. The van der Waals surface area contributed by atoms with Crippen LogP contribution in [0, 0.1) is 5.92 Å². The molecule has 1 heterocycles. The summed E-state index contributed by atoms with van der Waals surface area (Å²) < 4.78 is 16.8. The molecule has 0 bridgehead atoms. The maximum Gasteiger partial charge on any atom is 0.306 e. The highest BCUT2D eigenvalue weighted by Gasteiger charge is 2.32. The first-order valence-electron chi connectivity index (χ1n) is 9.99. The SMILES string of the molecule is CCOc1ccccc1C(c1ccc(OC)c(OC)c1)N1CCC(C(=O)O)CC1. The standard InChI is InChI=1S/C23H29NO5/c1-4-29-19-8-6-5-7-18(19)22(24-13-11-16(12-14-24)23(25)26)17-9-10-20(27-2)21(15-17)28-3/h5-10,15-16,22H,4,11-14H2,1-3H3,(H,25,26). The van der Waals surface area contributed by atoms with Crippen LogP contribution in [0.4, 0.5) is 0 Å². The van der Waals surface area contributed by atoms with Crippen LogP contribution in [0.15, 0.2) is 42.5 Å². The van der Waals surface area contributed by atoms with Crippen LogP contribution in [0.3, 0.4) is 0 Å². The highest BCUT2D eigenvalue weighted by Crippen LogP contribution is 2.40.